The summed E-state index contributed by atoms with van der Waals surface area (Å²) in [6, 6.07) is 11.2. The summed E-state index contributed by atoms with van der Waals surface area (Å²) >= 11 is 0. The van der Waals surface area contributed by atoms with Gasteiger partial charge in [-0.2, -0.15) is 0 Å². The molecule has 3 rings (SSSR count). The maximum Gasteiger partial charge on any atom is 0.176 e. The first-order chi connectivity index (χ1) is 11.0. The third-order valence-electron chi connectivity index (χ3n) is 4.31. The Morgan fingerprint density at radius 2 is 1.74 bits per heavy atom. The van der Waals surface area contributed by atoms with Gasteiger partial charge >= 0.3 is 0 Å². The van der Waals surface area contributed by atoms with Gasteiger partial charge in [-0.15, -0.1) is 0 Å². The summed E-state index contributed by atoms with van der Waals surface area (Å²) in [5, 5.41) is 0. The third-order valence-corrected chi connectivity index (χ3v) is 4.31. The second-order valence-corrected chi connectivity index (χ2v) is 5.68. The average molecular weight is 312 g/mol. The average Bonchev–Trinajstić information content (AvgIpc) is 2.57. The highest BCUT2D eigenvalue weighted by atomic mass is 16.5. The highest BCUT2D eigenvalue weighted by Crippen LogP contribution is 2.39. The molecule has 120 valence electrons. The Balaban J connectivity index is 2.03. The molecule has 1 heterocycles. The Kier molecular flexibility index (Phi) is 3.86. The fourth-order valence-corrected chi connectivity index (χ4v) is 3.03. The van der Waals surface area contributed by atoms with Gasteiger partial charge < -0.3 is 20.1 Å². The first-order valence-corrected chi connectivity index (χ1v) is 7.42. The molecule has 0 spiro atoms. The van der Waals surface area contributed by atoms with Crippen LogP contribution in [-0.4, -0.2) is 33.6 Å². The summed E-state index contributed by atoms with van der Waals surface area (Å²) in [6.07, 6.45) is 0. The van der Waals surface area contributed by atoms with Crippen LogP contribution >= 0.6 is 0 Å². The number of likely N-dealkylation sites (N-methyl/N-ethyl adjacent to an activating group) is 1. The number of carbonyl (C=O) groups excluding carboxylic acids is 1. The van der Waals surface area contributed by atoms with Crippen molar-refractivity contribution in [3.8, 4) is 11.5 Å². The molecular formula is C18H20N2O3. The number of rotatable bonds is 3. The van der Waals surface area contributed by atoms with Crippen molar-refractivity contribution in [2.75, 3.05) is 38.4 Å². The van der Waals surface area contributed by atoms with Crippen molar-refractivity contribution >= 4 is 17.2 Å². The lowest BCUT2D eigenvalue weighted by Gasteiger charge is -2.33. The lowest BCUT2D eigenvalue weighted by Crippen LogP contribution is -2.35. The Labute approximate surface area is 135 Å². The summed E-state index contributed by atoms with van der Waals surface area (Å²) in [4.78, 5) is 15.0. The van der Waals surface area contributed by atoms with Crippen LogP contribution in [0.3, 0.4) is 0 Å². The highest BCUT2D eigenvalue weighted by Gasteiger charge is 2.33. The predicted octanol–water partition coefficient (Wildman–Crippen LogP) is 2.70. The van der Waals surface area contributed by atoms with Crippen LogP contribution in [0, 0.1) is 0 Å². The number of nitrogens with two attached hydrogens (primary N) is 1. The van der Waals surface area contributed by atoms with Crippen molar-refractivity contribution < 1.29 is 14.3 Å². The van der Waals surface area contributed by atoms with Gasteiger partial charge in [0.1, 0.15) is 11.5 Å². The number of ketones is 1. The molecule has 1 atom stereocenters. The summed E-state index contributed by atoms with van der Waals surface area (Å²) < 4.78 is 10.4. The summed E-state index contributed by atoms with van der Waals surface area (Å²) in [7, 11) is 5.17. The minimum absolute atomic E-state index is 0.0448. The first-order valence-electron chi connectivity index (χ1n) is 7.42. The van der Waals surface area contributed by atoms with Gasteiger partial charge in [0.25, 0.3) is 0 Å². The van der Waals surface area contributed by atoms with E-state index < -0.39 is 0 Å². The van der Waals surface area contributed by atoms with Crippen molar-refractivity contribution in [2.45, 2.75) is 5.92 Å². The van der Waals surface area contributed by atoms with E-state index in [9.17, 15) is 4.79 Å². The molecule has 5 nitrogen and oxygen atoms in total. The van der Waals surface area contributed by atoms with Gasteiger partial charge in [-0.25, -0.2) is 0 Å². The Bertz CT molecular complexity index is 741. The van der Waals surface area contributed by atoms with Gasteiger partial charge in [-0.1, -0.05) is 12.1 Å². The van der Waals surface area contributed by atoms with Gasteiger partial charge in [0.15, 0.2) is 5.78 Å². The molecule has 0 amide bonds. The van der Waals surface area contributed by atoms with E-state index in [1.54, 1.807) is 20.3 Å². The van der Waals surface area contributed by atoms with E-state index in [1.165, 1.54) is 0 Å². The van der Waals surface area contributed by atoms with Gasteiger partial charge in [0, 0.05) is 31.4 Å². The van der Waals surface area contributed by atoms with Crippen LogP contribution in [0.2, 0.25) is 0 Å². The maximum absolute atomic E-state index is 13.0. The van der Waals surface area contributed by atoms with Crippen LogP contribution in [0.5, 0.6) is 11.5 Å². The van der Waals surface area contributed by atoms with E-state index in [0.717, 1.165) is 17.0 Å². The molecule has 0 saturated carbocycles. The van der Waals surface area contributed by atoms with E-state index in [4.69, 9.17) is 15.2 Å². The summed E-state index contributed by atoms with van der Waals surface area (Å²) in [5.74, 6) is 1.23. The quantitative estimate of drug-likeness (QED) is 0.883. The van der Waals surface area contributed by atoms with Gasteiger partial charge in [-0.3, -0.25) is 4.79 Å². The predicted molar refractivity (Wildman–Crippen MR) is 90.7 cm³/mol. The number of nitrogen functional groups attached to an aromatic ring is 1. The second-order valence-electron chi connectivity index (χ2n) is 5.68. The number of Topliss-reactive ketones (excluding diaryl/α,β-unsaturated/α-hetero) is 1. The minimum atomic E-state index is -0.242. The van der Waals surface area contributed by atoms with Crippen molar-refractivity contribution in [3.05, 3.63) is 47.5 Å². The first kappa shape index (κ1) is 15.2. The number of benzene rings is 2. The number of anilines is 2. The number of nitrogens with zero attached hydrogens (tertiary/aromatic N) is 1. The van der Waals surface area contributed by atoms with Crippen LogP contribution in [-0.2, 0) is 0 Å². The Morgan fingerprint density at radius 1 is 1.09 bits per heavy atom. The monoisotopic (exact) mass is 312 g/mol. The SMILES string of the molecule is COc1ccc(C2CN(C)c3cc(OC)cc(N)c3C2=O)cc1. The van der Waals surface area contributed by atoms with Crippen molar-refractivity contribution in [2.24, 2.45) is 0 Å². The third kappa shape index (κ3) is 2.59. The fourth-order valence-electron chi connectivity index (χ4n) is 3.03. The number of ether oxygens (including phenoxy) is 2. The maximum atomic E-state index is 13.0. The zero-order valence-electron chi connectivity index (χ0n) is 13.5. The molecule has 0 radical (unpaired) electrons. The number of fused-ring (bicyclic) bond motifs is 1. The molecule has 0 aromatic heterocycles. The molecular weight excluding hydrogens is 292 g/mol. The van der Waals surface area contributed by atoms with E-state index in [2.05, 4.69) is 0 Å². The van der Waals surface area contributed by atoms with E-state index in [0.29, 0.717) is 23.5 Å². The lowest BCUT2D eigenvalue weighted by atomic mass is 9.85. The van der Waals surface area contributed by atoms with E-state index in [-0.39, 0.29) is 11.7 Å². The largest absolute Gasteiger partial charge is 0.497 e. The molecule has 2 aromatic rings. The van der Waals surface area contributed by atoms with Crippen LogP contribution in [0.1, 0.15) is 21.8 Å². The molecule has 5 heteroatoms. The lowest BCUT2D eigenvalue weighted by molar-refractivity contribution is 0.0957. The van der Waals surface area contributed by atoms with Gasteiger partial charge in [-0.05, 0) is 17.7 Å². The van der Waals surface area contributed by atoms with Gasteiger partial charge in [0.2, 0.25) is 0 Å². The fraction of sp³-hybridized carbons (Fsp3) is 0.278. The molecule has 23 heavy (non-hydrogen) atoms. The smallest absolute Gasteiger partial charge is 0.176 e. The number of hydrogen-bond donors (Lipinski definition) is 1. The Morgan fingerprint density at radius 3 is 2.35 bits per heavy atom. The normalized spacial score (nSPS) is 16.9. The molecule has 0 aliphatic carbocycles. The van der Waals surface area contributed by atoms with Crippen molar-refractivity contribution in [1.82, 2.24) is 0 Å². The van der Waals surface area contributed by atoms with Crippen LogP contribution in [0.4, 0.5) is 11.4 Å². The highest BCUT2D eigenvalue weighted by molar-refractivity contribution is 6.11. The molecule has 2 aromatic carbocycles. The minimum Gasteiger partial charge on any atom is -0.497 e. The molecule has 1 unspecified atom stereocenters. The molecule has 1 aliphatic heterocycles. The van der Waals surface area contributed by atoms with Crippen molar-refractivity contribution in [1.29, 1.82) is 0 Å². The van der Waals surface area contributed by atoms with Gasteiger partial charge in [0.05, 0.1) is 31.4 Å². The standard InChI is InChI=1S/C18H20N2O3/c1-20-10-14(11-4-6-12(22-2)7-5-11)18(21)17-15(19)8-13(23-3)9-16(17)20/h4-9,14H,10,19H2,1-3H3. The summed E-state index contributed by atoms with van der Waals surface area (Å²) in [5.41, 5.74) is 8.91. The van der Waals surface area contributed by atoms with Crippen LogP contribution in [0.15, 0.2) is 36.4 Å². The number of hydrogen-bond acceptors (Lipinski definition) is 5. The molecule has 1 aliphatic rings. The van der Waals surface area contributed by atoms with Crippen LogP contribution in [0.25, 0.3) is 0 Å². The Hall–Kier alpha value is -2.69. The molecule has 0 bridgehead atoms. The van der Waals surface area contributed by atoms with E-state index >= 15 is 0 Å². The zero-order valence-corrected chi connectivity index (χ0v) is 13.5. The topological polar surface area (TPSA) is 64.8 Å². The van der Waals surface area contributed by atoms with Crippen molar-refractivity contribution in [3.63, 3.8) is 0 Å². The second kappa shape index (κ2) is 5.83. The number of methoxy groups -OCH3 is 2. The molecule has 0 fully saturated rings. The van der Waals surface area contributed by atoms with E-state index in [1.807, 2.05) is 42.3 Å². The zero-order chi connectivity index (χ0) is 16.6. The number of carbonyl (C=O) groups is 1. The van der Waals surface area contributed by atoms with Crippen LogP contribution < -0.4 is 20.1 Å². The molecule has 2 N–H and O–H groups in total. The summed E-state index contributed by atoms with van der Waals surface area (Å²) in [6.45, 7) is 0.602. The molecule has 0 saturated heterocycles.